The molecule has 5 heterocycles. The molecule has 32 heavy (non-hydrogen) atoms. The second-order valence-electron chi connectivity index (χ2n) is 8.97. The zero-order valence-electron chi connectivity index (χ0n) is 18.5. The first-order valence-corrected chi connectivity index (χ1v) is 12.4. The molecule has 0 radical (unpaired) electrons. The maximum absolute atomic E-state index is 5.77. The van der Waals surface area contributed by atoms with Crippen molar-refractivity contribution in [1.29, 1.82) is 0 Å². The van der Waals surface area contributed by atoms with Gasteiger partial charge in [-0.15, -0.1) is 0 Å². The van der Waals surface area contributed by atoms with E-state index in [4.69, 9.17) is 9.47 Å². The Kier molecular flexibility index (Phi) is 5.27. The van der Waals surface area contributed by atoms with Crippen LogP contribution >= 0.6 is 11.3 Å². The quantitative estimate of drug-likeness (QED) is 0.580. The monoisotopic (exact) mass is 451 g/mol. The van der Waals surface area contributed by atoms with Crippen LogP contribution in [0.4, 0.5) is 10.0 Å². The SMILES string of the molecule is COc1ccc(CN2Cn3ncnc3-c3c2sc2c3CCCN2CC2CCCOC2)cc1. The fraction of sp³-hybridized carbons (Fsp3) is 0.500. The van der Waals surface area contributed by atoms with Crippen molar-refractivity contribution in [2.45, 2.75) is 38.9 Å². The van der Waals surface area contributed by atoms with Gasteiger partial charge in [-0.1, -0.05) is 23.5 Å². The fourth-order valence-corrected chi connectivity index (χ4v) is 6.60. The number of rotatable bonds is 5. The predicted molar refractivity (Wildman–Crippen MR) is 127 cm³/mol. The molecule has 3 aromatic rings. The number of hydrogen-bond acceptors (Lipinski definition) is 7. The summed E-state index contributed by atoms with van der Waals surface area (Å²) in [6.45, 7) is 5.61. The normalized spacial score (nSPS) is 20.0. The first kappa shape index (κ1) is 20.1. The van der Waals surface area contributed by atoms with Gasteiger partial charge >= 0.3 is 0 Å². The van der Waals surface area contributed by atoms with Gasteiger partial charge in [0, 0.05) is 26.2 Å². The molecule has 0 saturated carbocycles. The molecule has 0 aliphatic carbocycles. The van der Waals surface area contributed by atoms with Gasteiger partial charge < -0.3 is 19.3 Å². The van der Waals surface area contributed by atoms with E-state index in [0.29, 0.717) is 5.92 Å². The molecule has 1 unspecified atom stereocenters. The Bertz CT molecular complexity index is 1090. The average molecular weight is 452 g/mol. The standard InChI is InChI=1S/C24H29N5O2S/c1-30-19-8-6-17(7-9-19)12-28-16-29-22(25-15-26-29)21-20-5-2-10-27(23(20)32-24(21)28)13-18-4-3-11-31-14-18/h6-9,15,18H,2-5,10-14,16H2,1H3. The summed E-state index contributed by atoms with van der Waals surface area (Å²) in [6.07, 6.45) is 6.46. The summed E-state index contributed by atoms with van der Waals surface area (Å²) >= 11 is 1.94. The molecular weight excluding hydrogens is 422 g/mol. The van der Waals surface area contributed by atoms with Crippen molar-refractivity contribution >= 4 is 21.3 Å². The van der Waals surface area contributed by atoms with Gasteiger partial charge in [0.25, 0.3) is 0 Å². The van der Waals surface area contributed by atoms with E-state index in [1.54, 1.807) is 13.4 Å². The van der Waals surface area contributed by atoms with E-state index in [-0.39, 0.29) is 0 Å². The molecule has 168 valence electrons. The van der Waals surface area contributed by atoms with Gasteiger partial charge in [0.1, 0.15) is 23.7 Å². The van der Waals surface area contributed by atoms with Crippen LogP contribution in [0.15, 0.2) is 30.6 Å². The minimum atomic E-state index is 0.632. The molecule has 1 aromatic carbocycles. The second-order valence-corrected chi connectivity index (χ2v) is 9.95. The largest absolute Gasteiger partial charge is 0.497 e. The molecule has 1 saturated heterocycles. The third kappa shape index (κ3) is 3.55. The van der Waals surface area contributed by atoms with E-state index in [9.17, 15) is 0 Å². The summed E-state index contributed by atoms with van der Waals surface area (Å²) in [6, 6.07) is 8.37. The van der Waals surface area contributed by atoms with Gasteiger partial charge in [-0.3, -0.25) is 0 Å². The number of hydrogen-bond donors (Lipinski definition) is 0. The molecule has 2 aromatic heterocycles. The zero-order chi connectivity index (χ0) is 21.5. The van der Waals surface area contributed by atoms with Crippen LogP contribution in [0.1, 0.15) is 30.4 Å². The molecular formula is C24H29N5O2S. The number of benzene rings is 1. The lowest BCUT2D eigenvalue weighted by Gasteiger charge is -2.33. The Balaban J connectivity index is 1.34. The Hall–Kier alpha value is -2.58. The highest BCUT2D eigenvalue weighted by Crippen LogP contribution is 2.51. The van der Waals surface area contributed by atoms with Gasteiger partial charge in [0.15, 0.2) is 5.82 Å². The van der Waals surface area contributed by atoms with Crippen LogP contribution in [0.3, 0.4) is 0 Å². The molecule has 7 nitrogen and oxygen atoms in total. The number of nitrogens with zero attached hydrogens (tertiary/aromatic N) is 5. The Morgan fingerprint density at radius 3 is 2.88 bits per heavy atom. The van der Waals surface area contributed by atoms with Crippen LogP contribution in [0.25, 0.3) is 11.4 Å². The molecule has 3 aliphatic rings. The molecule has 1 fully saturated rings. The van der Waals surface area contributed by atoms with E-state index < -0.39 is 0 Å². The van der Waals surface area contributed by atoms with Crippen LogP contribution in [0.2, 0.25) is 0 Å². The van der Waals surface area contributed by atoms with E-state index in [0.717, 1.165) is 57.5 Å². The predicted octanol–water partition coefficient (Wildman–Crippen LogP) is 4.17. The molecule has 3 aliphatic heterocycles. The van der Waals surface area contributed by atoms with Crippen molar-refractivity contribution < 1.29 is 9.47 Å². The van der Waals surface area contributed by atoms with Crippen molar-refractivity contribution in [3.63, 3.8) is 0 Å². The van der Waals surface area contributed by atoms with Crippen molar-refractivity contribution in [2.75, 3.05) is 43.2 Å². The maximum atomic E-state index is 5.77. The third-order valence-corrected chi connectivity index (χ3v) is 8.16. The molecule has 8 heteroatoms. The summed E-state index contributed by atoms with van der Waals surface area (Å²) in [4.78, 5) is 9.73. The first-order valence-electron chi connectivity index (χ1n) is 11.5. The van der Waals surface area contributed by atoms with Gasteiger partial charge in [-0.25, -0.2) is 9.67 Å². The van der Waals surface area contributed by atoms with E-state index in [1.807, 2.05) is 28.2 Å². The van der Waals surface area contributed by atoms with Crippen LogP contribution in [0, 0.1) is 5.92 Å². The second kappa shape index (κ2) is 8.41. The van der Waals surface area contributed by atoms with Crippen LogP contribution in [0.5, 0.6) is 5.75 Å². The zero-order valence-corrected chi connectivity index (χ0v) is 19.3. The first-order chi connectivity index (χ1) is 15.8. The van der Waals surface area contributed by atoms with Gasteiger partial charge in [0.2, 0.25) is 0 Å². The average Bonchev–Trinajstić information content (AvgIpc) is 3.45. The summed E-state index contributed by atoms with van der Waals surface area (Å²) in [5.74, 6) is 2.54. The molecule has 0 amide bonds. The van der Waals surface area contributed by atoms with Crippen LogP contribution in [-0.2, 0) is 24.4 Å². The highest BCUT2D eigenvalue weighted by Gasteiger charge is 2.34. The van der Waals surface area contributed by atoms with Crippen LogP contribution < -0.4 is 14.5 Å². The number of fused-ring (bicyclic) bond motifs is 5. The lowest BCUT2D eigenvalue weighted by molar-refractivity contribution is 0.0572. The van der Waals surface area contributed by atoms with Crippen molar-refractivity contribution in [3.8, 4) is 17.1 Å². The van der Waals surface area contributed by atoms with Crippen molar-refractivity contribution in [1.82, 2.24) is 14.8 Å². The maximum Gasteiger partial charge on any atom is 0.163 e. The number of aromatic nitrogens is 3. The summed E-state index contributed by atoms with van der Waals surface area (Å²) in [5.41, 5.74) is 4.02. The van der Waals surface area contributed by atoms with Crippen LogP contribution in [-0.4, -0.2) is 48.2 Å². The smallest absolute Gasteiger partial charge is 0.163 e. The number of anilines is 2. The fourth-order valence-electron chi connectivity index (χ4n) is 5.23. The van der Waals surface area contributed by atoms with Crippen molar-refractivity contribution in [2.24, 2.45) is 5.92 Å². The van der Waals surface area contributed by atoms with Crippen molar-refractivity contribution in [3.05, 3.63) is 41.7 Å². The summed E-state index contributed by atoms with van der Waals surface area (Å²) in [5, 5.41) is 7.30. The van der Waals surface area contributed by atoms with E-state index >= 15 is 0 Å². The van der Waals surface area contributed by atoms with E-state index in [2.05, 4.69) is 32.0 Å². The number of thiophene rings is 1. The Morgan fingerprint density at radius 1 is 1.16 bits per heavy atom. The lowest BCUT2D eigenvalue weighted by Crippen LogP contribution is -2.36. The summed E-state index contributed by atoms with van der Waals surface area (Å²) < 4.78 is 13.1. The molecule has 0 spiro atoms. The Morgan fingerprint density at radius 2 is 2.06 bits per heavy atom. The Labute approximate surface area is 192 Å². The third-order valence-electron chi connectivity index (χ3n) is 6.81. The summed E-state index contributed by atoms with van der Waals surface area (Å²) in [7, 11) is 1.71. The molecule has 0 bridgehead atoms. The number of methoxy groups -OCH3 is 1. The highest BCUT2D eigenvalue weighted by atomic mass is 32.1. The molecule has 1 atom stereocenters. The minimum absolute atomic E-state index is 0.632. The molecule has 0 N–H and O–H groups in total. The van der Waals surface area contributed by atoms with Gasteiger partial charge in [0.05, 0.1) is 24.3 Å². The van der Waals surface area contributed by atoms with Gasteiger partial charge in [-0.2, -0.15) is 5.10 Å². The number of ether oxygens (including phenoxy) is 2. The molecule has 6 rings (SSSR count). The van der Waals surface area contributed by atoms with Gasteiger partial charge in [-0.05, 0) is 54.9 Å². The highest BCUT2D eigenvalue weighted by molar-refractivity contribution is 7.21. The lowest BCUT2D eigenvalue weighted by atomic mass is 9.98. The van der Waals surface area contributed by atoms with E-state index in [1.165, 1.54) is 46.0 Å². The topological polar surface area (TPSA) is 55.7 Å². The minimum Gasteiger partial charge on any atom is -0.497 e.